The summed E-state index contributed by atoms with van der Waals surface area (Å²) in [4.78, 5) is 31.2. The second kappa shape index (κ2) is 9.93. The van der Waals surface area contributed by atoms with Crippen LogP contribution in [0.15, 0.2) is 43.0 Å². The zero-order chi connectivity index (χ0) is 25.2. The lowest BCUT2D eigenvalue weighted by atomic mass is 9.89. The van der Waals surface area contributed by atoms with E-state index in [1.165, 1.54) is 18.5 Å². The molecule has 3 aromatic rings. The number of nitrogens with zero attached hydrogens (tertiary/aromatic N) is 5. The summed E-state index contributed by atoms with van der Waals surface area (Å²) >= 11 is 0. The van der Waals surface area contributed by atoms with Crippen LogP contribution in [0.5, 0.6) is 0 Å². The largest absolute Gasteiger partial charge is 0.419 e. The van der Waals surface area contributed by atoms with E-state index in [0.29, 0.717) is 24.5 Å². The van der Waals surface area contributed by atoms with Crippen molar-refractivity contribution in [3.8, 4) is 11.4 Å². The third kappa shape index (κ3) is 5.39. The monoisotopic (exact) mass is 488 g/mol. The second-order valence-electron chi connectivity index (χ2n) is 8.60. The summed E-state index contributed by atoms with van der Waals surface area (Å²) in [6.45, 7) is 4.38. The van der Waals surface area contributed by atoms with Crippen molar-refractivity contribution in [3.63, 3.8) is 0 Å². The van der Waals surface area contributed by atoms with Gasteiger partial charge in [0, 0.05) is 37.9 Å². The third-order valence-electron chi connectivity index (χ3n) is 6.08. The highest BCUT2D eigenvalue weighted by Crippen LogP contribution is 2.31. The average Bonchev–Trinajstić information content (AvgIpc) is 2.82. The SMILES string of the molecule is Cc1cc(F)c(-c2ncccn2)c(C(=O)N2CCCC(C)C2CNc2ncc(C(F)(F)F)cn2)c1. The summed E-state index contributed by atoms with van der Waals surface area (Å²) in [7, 11) is 0. The van der Waals surface area contributed by atoms with E-state index in [1.54, 1.807) is 24.0 Å². The number of benzene rings is 1. The minimum Gasteiger partial charge on any atom is -0.352 e. The van der Waals surface area contributed by atoms with Gasteiger partial charge in [-0.05, 0) is 49.4 Å². The van der Waals surface area contributed by atoms with Gasteiger partial charge in [0.05, 0.1) is 22.7 Å². The molecular weight excluding hydrogens is 464 g/mol. The molecule has 4 rings (SSSR count). The van der Waals surface area contributed by atoms with Gasteiger partial charge < -0.3 is 10.2 Å². The molecule has 1 aliphatic heterocycles. The molecule has 2 atom stereocenters. The van der Waals surface area contributed by atoms with Gasteiger partial charge in [0.2, 0.25) is 5.95 Å². The van der Waals surface area contributed by atoms with Crippen molar-refractivity contribution < 1.29 is 22.4 Å². The molecule has 35 heavy (non-hydrogen) atoms. The summed E-state index contributed by atoms with van der Waals surface area (Å²) in [6, 6.07) is 4.26. The number of anilines is 1. The van der Waals surface area contributed by atoms with Gasteiger partial charge in [-0.15, -0.1) is 0 Å². The Morgan fingerprint density at radius 3 is 2.49 bits per heavy atom. The lowest BCUT2D eigenvalue weighted by Crippen LogP contribution is -2.51. The molecule has 0 bridgehead atoms. The van der Waals surface area contributed by atoms with Crippen molar-refractivity contribution >= 4 is 11.9 Å². The molecule has 0 radical (unpaired) electrons. The number of amides is 1. The Bertz CT molecular complexity index is 1190. The summed E-state index contributed by atoms with van der Waals surface area (Å²) in [5.74, 6) is -0.714. The van der Waals surface area contributed by atoms with Crippen LogP contribution in [0.1, 0.15) is 41.3 Å². The maximum atomic E-state index is 15.0. The molecule has 0 spiro atoms. The Kier molecular flexibility index (Phi) is 6.95. The standard InChI is InChI=1S/C24H24F4N6O/c1-14-9-17(20(18(25)10-14)21-29-6-4-7-30-21)22(35)34-8-3-5-15(2)19(34)13-33-23-31-11-16(12-32-23)24(26,27)28/h4,6-7,9-12,15,19H,3,5,8,13H2,1-2H3,(H,31,32,33). The van der Waals surface area contributed by atoms with E-state index in [2.05, 4.69) is 25.3 Å². The van der Waals surface area contributed by atoms with Gasteiger partial charge in [0.15, 0.2) is 5.82 Å². The first-order valence-corrected chi connectivity index (χ1v) is 11.2. The van der Waals surface area contributed by atoms with Crippen LogP contribution in [0.25, 0.3) is 11.4 Å². The fourth-order valence-corrected chi connectivity index (χ4v) is 4.30. The van der Waals surface area contributed by atoms with Crippen molar-refractivity contribution in [3.05, 3.63) is 65.5 Å². The molecule has 1 aliphatic rings. The third-order valence-corrected chi connectivity index (χ3v) is 6.08. The zero-order valence-corrected chi connectivity index (χ0v) is 19.2. The number of rotatable bonds is 5. The zero-order valence-electron chi connectivity index (χ0n) is 19.2. The van der Waals surface area contributed by atoms with Gasteiger partial charge in [-0.25, -0.2) is 24.3 Å². The molecule has 1 saturated heterocycles. The van der Waals surface area contributed by atoms with Crippen LogP contribution in [0, 0.1) is 18.7 Å². The smallest absolute Gasteiger partial charge is 0.352 e. The minimum atomic E-state index is -4.52. The molecule has 1 aromatic carbocycles. The van der Waals surface area contributed by atoms with Gasteiger partial charge in [-0.2, -0.15) is 13.2 Å². The number of hydrogen-bond donors (Lipinski definition) is 1. The van der Waals surface area contributed by atoms with Crippen LogP contribution in [0.2, 0.25) is 0 Å². The number of nitrogens with one attached hydrogen (secondary N) is 1. The molecule has 2 unspecified atom stereocenters. The Morgan fingerprint density at radius 1 is 1.14 bits per heavy atom. The number of aryl methyl sites for hydroxylation is 1. The van der Waals surface area contributed by atoms with E-state index in [0.717, 1.165) is 12.8 Å². The van der Waals surface area contributed by atoms with Crippen LogP contribution in [0.4, 0.5) is 23.5 Å². The van der Waals surface area contributed by atoms with Gasteiger partial charge in [-0.1, -0.05) is 6.92 Å². The fourth-order valence-electron chi connectivity index (χ4n) is 4.30. The van der Waals surface area contributed by atoms with E-state index in [4.69, 9.17) is 0 Å². The van der Waals surface area contributed by atoms with Gasteiger partial charge in [0.1, 0.15) is 5.82 Å². The fraction of sp³-hybridized carbons (Fsp3) is 0.375. The van der Waals surface area contributed by atoms with Crippen LogP contribution >= 0.6 is 0 Å². The maximum absolute atomic E-state index is 15.0. The molecule has 3 heterocycles. The topological polar surface area (TPSA) is 83.9 Å². The predicted molar refractivity (Wildman–Crippen MR) is 121 cm³/mol. The first kappa shape index (κ1) is 24.5. The van der Waals surface area contributed by atoms with E-state index in [-0.39, 0.29) is 47.3 Å². The van der Waals surface area contributed by atoms with Gasteiger partial charge in [0.25, 0.3) is 5.91 Å². The van der Waals surface area contributed by atoms with Crippen LogP contribution < -0.4 is 5.32 Å². The molecule has 0 aliphatic carbocycles. The summed E-state index contributed by atoms with van der Waals surface area (Å²) in [6.07, 6.45) is 1.50. The number of alkyl halides is 3. The lowest BCUT2D eigenvalue weighted by Gasteiger charge is -2.40. The van der Waals surface area contributed by atoms with Crippen LogP contribution in [-0.4, -0.2) is 49.9 Å². The molecule has 11 heteroatoms. The van der Waals surface area contributed by atoms with Crippen molar-refractivity contribution in [2.24, 2.45) is 5.92 Å². The number of carbonyl (C=O) groups is 1. The maximum Gasteiger partial charge on any atom is 0.419 e. The van der Waals surface area contributed by atoms with Gasteiger partial charge in [-0.3, -0.25) is 4.79 Å². The highest BCUT2D eigenvalue weighted by atomic mass is 19.4. The van der Waals surface area contributed by atoms with Crippen molar-refractivity contribution in [1.29, 1.82) is 0 Å². The van der Waals surface area contributed by atoms with E-state index in [9.17, 15) is 18.0 Å². The first-order chi connectivity index (χ1) is 16.6. The van der Waals surface area contributed by atoms with E-state index >= 15 is 4.39 Å². The highest BCUT2D eigenvalue weighted by molar-refractivity contribution is 6.00. The number of carbonyl (C=O) groups excluding carboxylic acids is 1. The van der Waals surface area contributed by atoms with Crippen LogP contribution in [-0.2, 0) is 6.18 Å². The summed E-state index contributed by atoms with van der Waals surface area (Å²) in [5, 5.41) is 2.95. The van der Waals surface area contributed by atoms with Crippen molar-refractivity contribution in [1.82, 2.24) is 24.8 Å². The summed E-state index contributed by atoms with van der Waals surface area (Å²) in [5.41, 5.74) is -0.151. The van der Waals surface area contributed by atoms with E-state index < -0.39 is 17.6 Å². The Labute approximate surface area is 199 Å². The molecule has 2 aromatic heterocycles. The molecule has 1 amide bonds. The molecule has 0 saturated carbocycles. The quantitative estimate of drug-likeness (QED) is 0.522. The summed E-state index contributed by atoms with van der Waals surface area (Å²) < 4.78 is 53.4. The predicted octanol–water partition coefficient (Wildman–Crippen LogP) is 4.75. The van der Waals surface area contributed by atoms with E-state index in [1.807, 2.05) is 6.92 Å². The van der Waals surface area contributed by atoms with Gasteiger partial charge >= 0.3 is 6.18 Å². The Hall–Kier alpha value is -3.63. The number of hydrogen-bond acceptors (Lipinski definition) is 6. The number of aromatic nitrogens is 4. The molecule has 7 nitrogen and oxygen atoms in total. The lowest BCUT2D eigenvalue weighted by molar-refractivity contribution is -0.138. The number of piperidine rings is 1. The highest BCUT2D eigenvalue weighted by Gasteiger charge is 2.35. The van der Waals surface area contributed by atoms with Crippen LogP contribution in [0.3, 0.4) is 0 Å². The number of halogens is 4. The molecule has 1 fully saturated rings. The molecular formula is C24H24F4N6O. The molecule has 184 valence electrons. The number of likely N-dealkylation sites (tertiary alicyclic amines) is 1. The molecule has 1 N–H and O–H groups in total. The minimum absolute atomic E-state index is 0.0307. The van der Waals surface area contributed by atoms with Crippen molar-refractivity contribution in [2.75, 3.05) is 18.4 Å². The average molecular weight is 488 g/mol. The second-order valence-corrected chi connectivity index (χ2v) is 8.60. The normalized spacial score (nSPS) is 18.4. The first-order valence-electron chi connectivity index (χ1n) is 11.2. The van der Waals surface area contributed by atoms with Crippen molar-refractivity contribution in [2.45, 2.75) is 38.9 Å². The Balaban J connectivity index is 1.60. The Morgan fingerprint density at radius 2 is 1.83 bits per heavy atom.